The Balaban J connectivity index is 0.851. The minimum absolute atomic E-state index is 0.0998. The summed E-state index contributed by atoms with van der Waals surface area (Å²) in [5.74, 6) is 0. The Kier molecular flexibility index (Phi) is 16.8. The molecule has 0 bridgehead atoms. The molecule has 0 aliphatic carbocycles. The summed E-state index contributed by atoms with van der Waals surface area (Å²) in [6.07, 6.45) is 16.1. The average molecular weight is 1220 g/mol. The van der Waals surface area contributed by atoms with Crippen LogP contribution in [0.2, 0.25) is 0 Å². The van der Waals surface area contributed by atoms with Crippen molar-refractivity contribution in [3.8, 4) is 101 Å². The van der Waals surface area contributed by atoms with Crippen LogP contribution in [0.5, 0.6) is 0 Å². The van der Waals surface area contributed by atoms with Gasteiger partial charge >= 0.3 is 0 Å². The molecule has 0 radical (unpaired) electrons. The summed E-state index contributed by atoms with van der Waals surface area (Å²) in [6.45, 7) is 1.94. The molecule has 33 nitrogen and oxygen atoms in total. The van der Waals surface area contributed by atoms with Gasteiger partial charge in [-0.15, -0.1) is 45.9 Å². The predicted molar refractivity (Wildman–Crippen MR) is 317 cm³/mol. The number of aliphatic hydroxyl groups excluding tert-OH is 6. The second-order valence-electron chi connectivity index (χ2n) is 21.0. The van der Waals surface area contributed by atoms with Crippen molar-refractivity contribution in [3.05, 3.63) is 145 Å². The Hall–Kier alpha value is -11.1. The SMILES string of the molecule is OCCn1cc(-c2cc(Cn3cc(-c4cc(-c5cn(Cc6cc(-c7cn(CCO)nn7)cc(-c7cn(CCO)nn7)c6)nn5)cc(-c5cn(Cc6cc(-c7cn(CCO)nn7)cc(-c7cn(CCO)nn7)c6)nn5)c4)nn3)cc(-c3cn(CCO)nn3)c2)nn1. The zero-order valence-electron chi connectivity index (χ0n) is 48.0. The van der Waals surface area contributed by atoms with Crippen LogP contribution in [0.1, 0.15) is 16.7 Å². The van der Waals surface area contributed by atoms with Crippen LogP contribution in [0, 0.1) is 0 Å². The van der Waals surface area contributed by atoms with E-state index in [-0.39, 0.29) is 98.5 Å². The zero-order chi connectivity index (χ0) is 61.5. The maximum Gasteiger partial charge on any atom is 0.113 e. The molecule has 0 amide bonds. The molecule has 0 saturated carbocycles. The quantitative estimate of drug-likeness (QED) is 0.0420. The van der Waals surface area contributed by atoms with E-state index in [1.54, 1.807) is 79.3 Å². The predicted octanol–water partition coefficient (Wildman–Crippen LogP) is 1.11. The Morgan fingerprint density at radius 1 is 0.200 bits per heavy atom. The van der Waals surface area contributed by atoms with Crippen molar-refractivity contribution in [1.82, 2.24) is 135 Å². The first-order chi connectivity index (χ1) is 44.1. The Bertz CT molecular complexity index is 3930. The van der Waals surface area contributed by atoms with Gasteiger partial charge in [-0.3, -0.25) is 0 Å². The molecule has 0 spiro atoms. The van der Waals surface area contributed by atoms with Crippen molar-refractivity contribution in [2.24, 2.45) is 0 Å². The summed E-state index contributed by atoms with van der Waals surface area (Å²) in [7, 11) is 0. The van der Waals surface area contributed by atoms with Gasteiger partial charge in [-0.2, -0.15) is 0 Å². The highest BCUT2D eigenvalue weighted by molar-refractivity contribution is 5.78. The zero-order valence-corrected chi connectivity index (χ0v) is 48.0. The molecule has 0 saturated heterocycles. The molecular weight excluding hydrogens is 1160 g/mol. The topological polar surface area (TPSA) is 398 Å². The van der Waals surface area contributed by atoms with Gasteiger partial charge in [0.05, 0.1) is 154 Å². The van der Waals surface area contributed by atoms with Crippen LogP contribution in [0.15, 0.2) is 129 Å². The van der Waals surface area contributed by atoms with E-state index in [4.69, 9.17) is 15.3 Å². The lowest BCUT2D eigenvalue weighted by Crippen LogP contribution is -2.02. The third kappa shape index (κ3) is 13.1. The highest BCUT2D eigenvalue weighted by Gasteiger charge is 2.20. The number of aliphatic hydroxyl groups is 6. The molecule has 9 aromatic heterocycles. The number of benzene rings is 4. The highest BCUT2D eigenvalue weighted by Crippen LogP contribution is 2.34. The van der Waals surface area contributed by atoms with Crippen LogP contribution in [0.4, 0.5) is 0 Å². The van der Waals surface area contributed by atoms with Crippen LogP contribution < -0.4 is 0 Å². The molecule has 13 aromatic rings. The number of aromatic nitrogens is 27. The summed E-state index contributed by atoms with van der Waals surface area (Å²) in [6, 6.07) is 23.6. The lowest BCUT2D eigenvalue weighted by Gasteiger charge is -2.08. The number of rotatable bonds is 27. The van der Waals surface area contributed by atoms with Crippen LogP contribution in [0.3, 0.4) is 0 Å². The molecule has 9 heterocycles. The summed E-state index contributed by atoms with van der Waals surface area (Å²) in [4.78, 5) is 0. The van der Waals surface area contributed by atoms with Crippen molar-refractivity contribution in [2.45, 2.75) is 58.9 Å². The van der Waals surface area contributed by atoms with Crippen molar-refractivity contribution >= 4 is 0 Å². The summed E-state index contributed by atoms with van der Waals surface area (Å²) >= 11 is 0. The number of hydrogen-bond acceptors (Lipinski definition) is 24. The standard InChI is InChI=1S/C57H57N27O6/c85-7-1-76-28-49(58-67-76)40-13-37(14-41(19-40)50-29-77(2-8-86)68-59-50)25-82-34-55(64-73-82)46-22-47(56-35-83(74-65-56)26-38-15-42(51-30-78(3-9-87)69-60-51)20-43(16-38)52-31-79(4-10-88)70-61-52)24-48(23-46)57-36-84(75-66-57)27-39-17-44(53-32-80(5-11-89)71-62-53)21-45(18-39)54-33-81(6-12-90)72-63-54/h13-24,28-36,85-90H,1-12,25-27H2. The molecule has 4 aromatic carbocycles. The monoisotopic (exact) mass is 1220 g/mol. The summed E-state index contributed by atoms with van der Waals surface area (Å²) < 4.78 is 14.6. The smallest absolute Gasteiger partial charge is 0.113 e. The Labute approximate surface area is 509 Å². The third-order valence-electron chi connectivity index (χ3n) is 14.4. The van der Waals surface area contributed by atoms with Gasteiger partial charge in [0.2, 0.25) is 0 Å². The van der Waals surface area contributed by atoms with Gasteiger partial charge in [-0.05, 0) is 89.5 Å². The Morgan fingerprint density at radius 3 is 0.511 bits per heavy atom. The summed E-state index contributed by atoms with van der Waals surface area (Å²) in [5, 5.41) is 137. The van der Waals surface area contributed by atoms with Crippen LogP contribution in [-0.2, 0) is 58.9 Å². The van der Waals surface area contributed by atoms with E-state index in [0.29, 0.717) is 67.9 Å². The second-order valence-corrected chi connectivity index (χ2v) is 21.0. The lowest BCUT2D eigenvalue weighted by atomic mass is 10.0. The van der Waals surface area contributed by atoms with Crippen molar-refractivity contribution in [2.75, 3.05) is 39.6 Å². The molecule has 0 aliphatic rings. The minimum atomic E-state index is -0.0998. The van der Waals surface area contributed by atoms with Gasteiger partial charge in [-0.1, -0.05) is 46.9 Å². The van der Waals surface area contributed by atoms with E-state index in [1.165, 1.54) is 0 Å². The van der Waals surface area contributed by atoms with Crippen molar-refractivity contribution in [3.63, 3.8) is 0 Å². The first-order valence-corrected chi connectivity index (χ1v) is 28.5. The molecule has 0 fully saturated rings. The van der Waals surface area contributed by atoms with E-state index in [0.717, 1.165) is 50.1 Å². The first-order valence-electron chi connectivity index (χ1n) is 28.5. The minimum Gasteiger partial charge on any atom is -0.394 e. The highest BCUT2D eigenvalue weighted by atomic mass is 16.3. The van der Waals surface area contributed by atoms with E-state index >= 15 is 0 Å². The van der Waals surface area contributed by atoms with Gasteiger partial charge < -0.3 is 30.6 Å². The normalized spacial score (nSPS) is 11.7. The molecule has 0 aliphatic heterocycles. The number of hydrogen-bond donors (Lipinski definition) is 6. The molecule has 33 heteroatoms. The van der Waals surface area contributed by atoms with E-state index in [2.05, 4.69) is 77.5 Å². The van der Waals surface area contributed by atoms with Crippen LogP contribution >= 0.6 is 0 Å². The van der Waals surface area contributed by atoms with Gasteiger partial charge in [-0.25, -0.2) is 42.1 Å². The second kappa shape index (κ2) is 26.1. The van der Waals surface area contributed by atoms with Crippen molar-refractivity contribution < 1.29 is 30.6 Å². The average Bonchev–Trinajstić information content (AvgIpc) is 2.19. The van der Waals surface area contributed by atoms with Crippen molar-refractivity contribution in [1.29, 1.82) is 0 Å². The maximum absolute atomic E-state index is 9.59. The fourth-order valence-electron chi connectivity index (χ4n) is 10.2. The van der Waals surface area contributed by atoms with Gasteiger partial charge in [0.1, 0.15) is 51.2 Å². The summed E-state index contributed by atoms with van der Waals surface area (Å²) in [5.41, 5.74) is 14.3. The van der Waals surface area contributed by atoms with E-state index in [1.807, 2.05) is 91.4 Å². The van der Waals surface area contributed by atoms with E-state index in [9.17, 15) is 30.6 Å². The van der Waals surface area contributed by atoms with Crippen LogP contribution in [0.25, 0.3) is 101 Å². The molecule has 13 rings (SSSR count). The molecule has 456 valence electrons. The van der Waals surface area contributed by atoms with Gasteiger partial charge in [0, 0.05) is 50.1 Å². The lowest BCUT2D eigenvalue weighted by molar-refractivity contribution is 0.267. The molecular formula is C57H57N27O6. The Morgan fingerprint density at radius 2 is 0.344 bits per heavy atom. The maximum atomic E-state index is 9.59. The molecule has 90 heavy (non-hydrogen) atoms. The van der Waals surface area contributed by atoms with Gasteiger partial charge in [0.25, 0.3) is 0 Å². The van der Waals surface area contributed by atoms with Crippen LogP contribution in [-0.4, -0.2) is 205 Å². The molecule has 0 atom stereocenters. The fraction of sp³-hybridized carbons (Fsp3) is 0.263. The third-order valence-corrected chi connectivity index (χ3v) is 14.4. The first kappa shape index (κ1) is 57.9. The molecule has 6 N–H and O–H groups in total. The fourth-order valence-corrected chi connectivity index (χ4v) is 10.2. The number of nitrogens with zero attached hydrogens (tertiary/aromatic N) is 27. The van der Waals surface area contributed by atoms with Gasteiger partial charge in [0.15, 0.2) is 0 Å². The van der Waals surface area contributed by atoms with E-state index < -0.39 is 0 Å². The largest absolute Gasteiger partial charge is 0.394 e. The molecule has 0 unspecified atom stereocenters.